The average Bonchev–Trinajstić information content (AvgIpc) is 2.85. The molecule has 0 N–H and O–H groups in total. The Kier molecular flexibility index (Phi) is 5.57. The minimum atomic E-state index is 0.563. The van der Waals surface area contributed by atoms with Gasteiger partial charge >= 0.3 is 0 Å². The van der Waals surface area contributed by atoms with E-state index in [1.54, 1.807) is 6.08 Å². The van der Waals surface area contributed by atoms with E-state index in [2.05, 4.69) is 21.1 Å². The number of hydrogen-bond acceptors (Lipinski definition) is 4. The summed E-state index contributed by atoms with van der Waals surface area (Å²) in [6.45, 7) is 6.20. The van der Waals surface area contributed by atoms with E-state index >= 15 is 0 Å². The van der Waals surface area contributed by atoms with E-state index in [1.165, 1.54) is 0 Å². The maximum Gasteiger partial charge on any atom is 0.215 e. The molecule has 0 saturated heterocycles. The summed E-state index contributed by atoms with van der Waals surface area (Å²) in [5, 5.41) is 0. The summed E-state index contributed by atoms with van der Waals surface area (Å²) in [4.78, 5) is 10.8. The van der Waals surface area contributed by atoms with Gasteiger partial charge in [0.25, 0.3) is 0 Å². The van der Waals surface area contributed by atoms with E-state index in [0.717, 1.165) is 29.3 Å². The Morgan fingerprint density at radius 3 is 2.83 bits per heavy atom. The van der Waals surface area contributed by atoms with Gasteiger partial charge in [0.2, 0.25) is 5.88 Å². The van der Waals surface area contributed by atoms with Crippen LogP contribution >= 0.6 is 0 Å². The van der Waals surface area contributed by atoms with Crippen molar-refractivity contribution in [1.82, 2.24) is 14.5 Å². The van der Waals surface area contributed by atoms with Gasteiger partial charge in [-0.3, -0.25) is 0 Å². The van der Waals surface area contributed by atoms with Crippen molar-refractivity contribution in [2.24, 2.45) is 7.05 Å². The predicted octanol–water partition coefficient (Wildman–Crippen LogP) is 3.01. The third-order valence-corrected chi connectivity index (χ3v) is 3.54. The molecule has 0 bridgehead atoms. The molecule has 0 spiro atoms. The molecule has 0 atom stereocenters. The van der Waals surface area contributed by atoms with Crippen LogP contribution in [0.2, 0.25) is 0 Å². The molecule has 0 aliphatic carbocycles. The molecule has 2 aromatic rings. The SMILES string of the molecule is C=C/C=C\c1ncc(CCOc2cc(N(C)C)cc(C)n2)n1C. The van der Waals surface area contributed by atoms with Crippen LogP contribution in [0.5, 0.6) is 5.88 Å². The van der Waals surface area contributed by atoms with Crippen LogP contribution in [0.15, 0.2) is 37.1 Å². The van der Waals surface area contributed by atoms with E-state index in [1.807, 2.05) is 63.4 Å². The van der Waals surface area contributed by atoms with Gasteiger partial charge in [-0.25, -0.2) is 9.97 Å². The molecule has 0 aliphatic rings. The highest BCUT2D eigenvalue weighted by molar-refractivity contribution is 5.48. The summed E-state index contributed by atoms with van der Waals surface area (Å²) >= 11 is 0. The lowest BCUT2D eigenvalue weighted by Gasteiger charge is -2.14. The number of allylic oxidation sites excluding steroid dienone is 2. The number of aryl methyl sites for hydroxylation is 1. The summed E-state index contributed by atoms with van der Waals surface area (Å²) in [7, 11) is 6.01. The zero-order chi connectivity index (χ0) is 16.8. The Bertz CT molecular complexity index is 701. The van der Waals surface area contributed by atoms with Crippen LogP contribution < -0.4 is 9.64 Å². The quantitative estimate of drug-likeness (QED) is 0.737. The van der Waals surface area contributed by atoms with E-state index < -0.39 is 0 Å². The number of imidazole rings is 1. The van der Waals surface area contributed by atoms with Crippen LogP contribution in [0.25, 0.3) is 6.08 Å². The minimum Gasteiger partial charge on any atom is -0.477 e. The van der Waals surface area contributed by atoms with Crippen LogP contribution in [0, 0.1) is 6.92 Å². The fourth-order valence-corrected chi connectivity index (χ4v) is 2.22. The number of nitrogens with zero attached hydrogens (tertiary/aromatic N) is 4. The fraction of sp³-hybridized carbons (Fsp3) is 0.333. The first-order valence-corrected chi connectivity index (χ1v) is 7.59. The third kappa shape index (κ3) is 4.45. The lowest BCUT2D eigenvalue weighted by molar-refractivity contribution is 0.306. The molecule has 23 heavy (non-hydrogen) atoms. The highest BCUT2D eigenvalue weighted by Gasteiger charge is 2.06. The molecule has 0 aromatic carbocycles. The Morgan fingerprint density at radius 1 is 1.35 bits per heavy atom. The summed E-state index contributed by atoms with van der Waals surface area (Å²) in [5.41, 5.74) is 3.16. The summed E-state index contributed by atoms with van der Waals surface area (Å²) in [6, 6.07) is 3.99. The molecule has 0 amide bonds. The molecule has 122 valence electrons. The van der Waals surface area contributed by atoms with Crippen molar-refractivity contribution in [1.29, 1.82) is 0 Å². The second-order valence-electron chi connectivity index (χ2n) is 5.56. The third-order valence-electron chi connectivity index (χ3n) is 3.54. The first-order valence-electron chi connectivity index (χ1n) is 7.59. The molecule has 2 heterocycles. The van der Waals surface area contributed by atoms with Crippen molar-refractivity contribution in [3.05, 3.63) is 54.3 Å². The van der Waals surface area contributed by atoms with Gasteiger partial charge in [-0.2, -0.15) is 0 Å². The maximum atomic E-state index is 5.81. The topological polar surface area (TPSA) is 43.2 Å². The Labute approximate surface area is 137 Å². The largest absolute Gasteiger partial charge is 0.477 e. The monoisotopic (exact) mass is 312 g/mol. The van der Waals surface area contributed by atoms with Crippen LogP contribution in [-0.4, -0.2) is 35.2 Å². The number of anilines is 1. The van der Waals surface area contributed by atoms with Gasteiger partial charge < -0.3 is 14.2 Å². The van der Waals surface area contributed by atoms with Crippen molar-refractivity contribution in [3.63, 3.8) is 0 Å². The highest BCUT2D eigenvalue weighted by atomic mass is 16.5. The first-order chi connectivity index (χ1) is 11.0. The van der Waals surface area contributed by atoms with Gasteiger partial charge in [0.15, 0.2) is 0 Å². The lowest BCUT2D eigenvalue weighted by atomic mass is 10.3. The van der Waals surface area contributed by atoms with Gasteiger partial charge in [-0.15, -0.1) is 0 Å². The van der Waals surface area contributed by atoms with Gasteiger partial charge in [-0.1, -0.05) is 18.7 Å². The first kappa shape index (κ1) is 16.8. The summed E-state index contributed by atoms with van der Waals surface area (Å²) in [5.74, 6) is 1.56. The number of hydrogen-bond donors (Lipinski definition) is 0. The Hall–Kier alpha value is -2.56. The van der Waals surface area contributed by atoms with Gasteiger partial charge in [0.05, 0.1) is 6.61 Å². The normalized spacial score (nSPS) is 11.0. The summed E-state index contributed by atoms with van der Waals surface area (Å²) < 4.78 is 7.87. The zero-order valence-electron chi connectivity index (χ0n) is 14.3. The molecular weight excluding hydrogens is 288 g/mol. The lowest BCUT2D eigenvalue weighted by Crippen LogP contribution is -2.11. The molecule has 0 radical (unpaired) electrons. The van der Waals surface area contributed by atoms with Crippen LogP contribution in [0.4, 0.5) is 5.69 Å². The minimum absolute atomic E-state index is 0.563. The molecule has 0 unspecified atom stereocenters. The number of aromatic nitrogens is 3. The molecule has 2 rings (SSSR count). The van der Waals surface area contributed by atoms with Gasteiger partial charge in [0, 0.05) is 56.9 Å². The number of rotatable bonds is 7. The predicted molar refractivity (Wildman–Crippen MR) is 94.9 cm³/mol. The average molecular weight is 312 g/mol. The molecule has 0 saturated carbocycles. The summed E-state index contributed by atoms with van der Waals surface area (Å²) in [6.07, 6.45) is 8.20. The van der Waals surface area contributed by atoms with Gasteiger partial charge in [-0.05, 0) is 19.1 Å². The van der Waals surface area contributed by atoms with E-state index in [0.29, 0.717) is 12.5 Å². The van der Waals surface area contributed by atoms with Crippen molar-refractivity contribution in [3.8, 4) is 5.88 Å². The molecule has 5 heteroatoms. The second-order valence-corrected chi connectivity index (χ2v) is 5.56. The van der Waals surface area contributed by atoms with Crippen molar-refractivity contribution in [2.75, 3.05) is 25.6 Å². The van der Waals surface area contributed by atoms with Crippen molar-refractivity contribution < 1.29 is 4.74 Å². The van der Waals surface area contributed by atoms with E-state index in [4.69, 9.17) is 4.74 Å². The van der Waals surface area contributed by atoms with Crippen LogP contribution in [0.1, 0.15) is 17.2 Å². The second kappa shape index (κ2) is 7.63. The molecular formula is C18H24N4O. The standard InChI is InChI=1S/C18H24N4O/c1-6-7-8-17-19-13-15(22(17)5)9-10-23-18-12-16(21(3)4)11-14(2)20-18/h6-8,11-13H,1,9-10H2,2-5H3/b8-7-. The molecule has 5 nitrogen and oxygen atoms in total. The zero-order valence-corrected chi connectivity index (χ0v) is 14.3. The fourth-order valence-electron chi connectivity index (χ4n) is 2.22. The van der Waals surface area contributed by atoms with E-state index in [9.17, 15) is 0 Å². The van der Waals surface area contributed by atoms with Gasteiger partial charge in [0.1, 0.15) is 5.82 Å². The number of pyridine rings is 1. The van der Waals surface area contributed by atoms with E-state index in [-0.39, 0.29) is 0 Å². The molecule has 0 aliphatic heterocycles. The van der Waals surface area contributed by atoms with Crippen LogP contribution in [0.3, 0.4) is 0 Å². The van der Waals surface area contributed by atoms with Crippen LogP contribution in [-0.2, 0) is 13.5 Å². The molecule has 2 aromatic heterocycles. The molecule has 0 fully saturated rings. The van der Waals surface area contributed by atoms with Crippen molar-refractivity contribution in [2.45, 2.75) is 13.3 Å². The highest BCUT2D eigenvalue weighted by Crippen LogP contribution is 2.19. The van der Waals surface area contributed by atoms with Crippen molar-refractivity contribution >= 4 is 11.8 Å². The maximum absolute atomic E-state index is 5.81. The smallest absolute Gasteiger partial charge is 0.215 e. The Morgan fingerprint density at radius 2 is 2.13 bits per heavy atom. The number of ether oxygens (including phenoxy) is 1. The Balaban J connectivity index is 1.99.